The van der Waals surface area contributed by atoms with Crippen molar-refractivity contribution in [3.63, 3.8) is 0 Å². The molecule has 0 aromatic heterocycles. The van der Waals surface area contributed by atoms with Crippen molar-refractivity contribution in [1.82, 2.24) is 0 Å². The highest BCUT2D eigenvalue weighted by atomic mass is 19.1. The van der Waals surface area contributed by atoms with E-state index in [-0.39, 0.29) is 5.56 Å². The Labute approximate surface area is 84.3 Å². The lowest BCUT2D eigenvalue weighted by Crippen LogP contribution is -2.12. The Hall–Kier alpha value is -1.78. The Morgan fingerprint density at radius 3 is 2.47 bits per heavy atom. The Morgan fingerprint density at radius 2 is 1.93 bits per heavy atom. The smallest absolute Gasteiger partial charge is 0.311 e. The van der Waals surface area contributed by atoms with Gasteiger partial charge in [-0.25, -0.2) is 8.78 Å². The third-order valence-electron chi connectivity index (χ3n) is 1.87. The van der Waals surface area contributed by atoms with Crippen LogP contribution in [0.1, 0.15) is 22.3 Å². The lowest BCUT2D eigenvalue weighted by atomic mass is 10.0. The quantitative estimate of drug-likeness (QED) is 0.617. The number of ketones is 1. The second kappa shape index (κ2) is 4.16. The predicted octanol–water partition coefficient (Wildman–Crippen LogP) is 1.93. The average molecular weight is 214 g/mol. The van der Waals surface area contributed by atoms with E-state index in [9.17, 15) is 18.4 Å². The number of carbonyl (C=O) groups excluding carboxylic acids is 1. The first-order valence-electron chi connectivity index (χ1n) is 4.13. The third-order valence-corrected chi connectivity index (χ3v) is 1.87. The molecule has 0 saturated heterocycles. The van der Waals surface area contributed by atoms with E-state index in [0.29, 0.717) is 0 Å². The Kier molecular flexibility index (Phi) is 3.14. The van der Waals surface area contributed by atoms with Crippen molar-refractivity contribution in [2.45, 2.75) is 13.3 Å². The van der Waals surface area contributed by atoms with Gasteiger partial charge in [0.1, 0.15) is 18.1 Å². The molecular weight excluding hydrogens is 206 g/mol. The molecule has 0 saturated carbocycles. The average Bonchev–Trinajstić information content (AvgIpc) is 2.11. The third kappa shape index (κ3) is 2.37. The molecule has 0 atom stereocenters. The summed E-state index contributed by atoms with van der Waals surface area (Å²) in [4.78, 5) is 21.4. The SMILES string of the molecule is Cc1ccc(F)c(C(=O)CC(=O)O)c1F. The molecule has 0 heterocycles. The van der Waals surface area contributed by atoms with Crippen LogP contribution in [0.15, 0.2) is 12.1 Å². The van der Waals surface area contributed by atoms with Gasteiger partial charge in [-0.05, 0) is 18.6 Å². The Morgan fingerprint density at radius 1 is 1.33 bits per heavy atom. The molecule has 0 aliphatic carbocycles. The molecule has 0 unspecified atom stereocenters. The predicted molar refractivity (Wildman–Crippen MR) is 47.7 cm³/mol. The second-order valence-electron chi connectivity index (χ2n) is 3.05. The normalized spacial score (nSPS) is 10.1. The maximum atomic E-state index is 13.3. The van der Waals surface area contributed by atoms with Crippen LogP contribution >= 0.6 is 0 Å². The number of aryl methyl sites for hydroxylation is 1. The van der Waals surface area contributed by atoms with Crippen molar-refractivity contribution in [3.05, 3.63) is 34.9 Å². The molecule has 0 amide bonds. The molecule has 0 radical (unpaired) electrons. The first kappa shape index (κ1) is 11.3. The zero-order chi connectivity index (χ0) is 11.6. The Balaban J connectivity index is 3.18. The summed E-state index contributed by atoms with van der Waals surface area (Å²) in [6, 6.07) is 2.12. The minimum absolute atomic E-state index is 0.102. The Bertz CT molecular complexity index is 427. The van der Waals surface area contributed by atoms with Gasteiger partial charge in [-0.1, -0.05) is 6.07 Å². The fourth-order valence-electron chi connectivity index (χ4n) is 1.14. The van der Waals surface area contributed by atoms with E-state index in [4.69, 9.17) is 5.11 Å². The summed E-state index contributed by atoms with van der Waals surface area (Å²) in [6.45, 7) is 1.37. The lowest BCUT2D eigenvalue weighted by molar-refractivity contribution is -0.135. The number of Topliss-reactive ketones (excluding diaryl/α,β-unsaturated/α-hetero) is 1. The summed E-state index contributed by atoms with van der Waals surface area (Å²) in [5.74, 6) is -4.52. The largest absolute Gasteiger partial charge is 0.481 e. The fraction of sp³-hybridized carbons (Fsp3) is 0.200. The van der Waals surface area contributed by atoms with Gasteiger partial charge in [0, 0.05) is 0 Å². The van der Waals surface area contributed by atoms with Gasteiger partial charge in [0.2, 0.25) is 0 Å². The van der Waals surface area contributed by atoms with E-state index in [2.05, 4.69) is 0 Å². The summed E-state index contributed by atoms with van der Waals surface area (Å²) in [7, 11) is 0. The topological polar surface area (TPSA) is 54.4 Å². The van der Waals surface area contributed by atoms with Crippen LogP contribution in [0.3, 0.4) is 0 Å². The van der Waals surface area contributed by atoms with Gasteiger partial charge >= 0.3 is 5.97 Å². The molecule has 0 spiro atoms. The van der Waals surface area contributed by atoms with Crippen LogP contribution in [0.5, 0.6) is 0 Å². The van der Waals surface area contributed by atoms with Crippen molar-refractivity contribution in [3.8, 4) is 0 Å². The zero-order valence-corrected chi connectivity index (χ0v) is 7.88. The number of carboxylic acids is 1. The van der Waals surface area contributed by atoms with Crippen molar-refractivity contribution in [1.29, 1.82) is 0 Å². The van der Waals surface area contributed by atoms with Crippen molar-refractivity contribution in [2.75, 3.05) is 0 Å². The van der Waals surface area contributed by atoms with Gasteiger partial charge in [0.05, 0.1) is 5.56 Å². The van der Waals surface area contributed by atoms with Gasteiger partial charge in [0.15, 0.2) is 5.78 Å². The van der Waals surface area contributed by atoms with Crippen LogP contribution in [-0.2, 0) is 4.79 Å². The summed E-state index contributed by atoms with van der Waals surface area (Å²) >= 11 is 0. The second-order valence-corrected chi connectivity index (χ2v) is 3.05. The van der Waals surface area contributed by atoms with Gasteiger partial charge < -0.3 is 5.11 Å². The molecule has 1 aromatic carbocycles. The molecule has 1 N–H and O–H groups in total. The monoisotopic (exact) mass is 214 g/mol. The number of hydrogen-bond acceptors (Lipinski definition) is 2. The van der Waals surface area contributed by atoms with E-state index in [1.807, 2.05) is 0 Å². The molecule has 15 heavy (non-hydrogen) atoms. The highest BCUT2D eigenvalue weighted by Gasteiger charge is 2.20. The maximum absolute atomic E-state index is 13.3. The van der Waals surface area contributed by atoms with Crippen molar-refractivity contribution in [2.24, 2.45) is 0 Å². The molecule has 0 aliphatic heterocycles. The van der Waals surface area contributed by atoms with Gasteiger partial charge in [-0.15, -0.1) is 0 Å². The first-order valence-corrected chi connectivity index (χ1v) is 4.13. The molecule has 5 heteroatoms. The molecule has 0 aliphatic rings. The molecule has 0 bridgehead atoms. The number of halogens is 2. The minimum Gasteiger partial charge on any atom is -0.481 e. The standard InChI is InChI=1S/C10H8F2O3/c1-5-2-3-6(11)9(10(5)12)7(13)4-8(14)15/h2-3H,4H2,1H3,(H,14,15). The van der Waals surface area contributed by atoms with Gasteiger partial charge in [-0.3, -0.25) is 9.59 Å². The van der Waals surface area contributed by atoms with Crippen molar-refractivity contribution >= 4 is 11.8 Å². The molecule has 0 fully saturated rings. The number of rotatable bonds is 3. The molecule has 1 aromatic rings. The van der Waals surface area contributed by atoms with Crippen LogP contribution in [0, 0.1) is 18.6 Å². The van der Waals surface area contributed by atoms with E-state index in [1.54, 1.807) is 0 Å². The number of aliphatic carboxylic acids is 1. The summed E-state index contributed by atoms with van der Waals surface area (Å²) in [5, 5.41) is 8.33. The molecule has 1 rings (SSSR count). The molecular formula is C10H8F2O3. The van der Waals surface area contributed by atoms with Gasteiger partial charge in [0.25, 0.3) is 0 Å². The highest BCUT2D eigenvalue weighted by Crippen LogP contribution is 2.17. The van der Waals surface area contributed by atoms with Crippen LogP contribution in [0.25, 0.3) is 0 Å². The number of carboxylic acid groups (broad SMARTS) is 1. The summed E-state index contributed by atoms with van der Waals surface area (Å²) in [6.07, 6.45) is -0.919. The van der Waals surface area contributed by atoms with E-state index in [0.717, 1.165) is 6.07 Å². The fourth-order valence-corrected chi connectivity index (χ4v) is 1.14. The molecule has 80 valence electrons. The summed E-state index contributed by atoms with van der Waals surface area (Å²) in [5.41, 5.74) is -0.678. The van der Waals surface area contributed by atoms with Crippen LogP contribution < -0.4 is 0 Å². The summed E-state index contributed by atoms with van der Waals surface area (Å²) < 4.78 is 26.4. The minimum atomic E-state index is -1.42. The number of benzene rings is 1. The van der Waals surface area contributed by atoms with Crippen LogP contribution in [0.2, 0.25) is 0 Å². The van der Waals surface area contributed by atoms with E-state index in [1.165, 1.54) is 13.0 Å². The van der Waals surface area contributed by atoms with Crippen molar-refractivity contribution < 1.29 is 23.5 Å². The number of hydrogen-bond donors (Lipinski definition) is 1. The number of carbonyl (C=O) groups is 2. The molecule has 3 nitrogen and oxygen atoms in total. The highest BCUT2D eigenvalue weighted by molar-refractivity contribution is 6.05. The van der Waals surface area contributed by atoms with Crippen LogP contribution in [0.4, 0.5) is 8.78 Å². The van der Waals surface area contributed by atoms with E-state index < -0.39 is 35.4 Å². The maximum Gasteiger partial charge on any atom is 0.311 e. The first-order chi connectivity index (χ1) is 6.93. The van der Waals surface area contributed by atoms with Crippen LogP contribution in [-0.4, -0.2) is 16.9 Å². The lowest BCUT2D eigenvalue weighted by Gasteiger charge is -2.04. The van der Waals surface area contributed by atoms with Gasteiger partial charge in [-0.2, -0.15) is 0 Å². The van der Waals surface area contributed by atoms with E-state index >= 15 is 0 Å². The zero-order valence-electron chi connectivity index (χ0n) is 7.88.